The van der Waals surface area contributed by atoms with Crippen LogP contribution in [0.2, 0.25) is 0 Å². The fourth-order valence-corrected chi connectivity index (χ4v) is 3.29. The minimum absolute atomic E-state index is 0.0628. The molecule has 202 valence electrons. The molecular weight excluding hydrogens is 476 g/mol. The van der Waals surface area contributed by atoms with Gasteiger partial charge < -0.3 is 29.2 Å². The van der Waals surface area contributed by atoms with Crippen molar-refractivity contribution in [2.45, 2.75) is 40.8 Å². The quantitative estimate of drug-likeness (QED) is 0.184. The molecule has 0 saturated heterocycles. The first kappa shape index (κ1) is 30.7. The number of nitrogens with zero attached hydrogens (tertiary/aromatic N) is 2. The van der Waals surface area contributed by atoms with Crippen molar-refractivity contribution < 1.29 is 48.3 Å². The van der Waals surface area contributed by atoms with Gasteiger partial charge in [-0.05, 0) is 27.7 Å². The van der Waals surface area contributed by atoms with Crippen molar-refractivity contribution in [1.29, 1.82) is 0 Å². The lowest BCUT2D eigenvalue weighted by molar-refractivity contribution is -0.150. The Labute approximate surface area is 210 Å². The van der Waals surface area contributed by atoms with Gasteiger partial charge in [0.05, 0.1) is 52.6 Å². The van der Waals surface area contributed by atoms with E-state index in [2.05, 4.69) is 0 Å². The minimum atomic E-state index is -0.560. The molecule has 0 aliphatic carbocycles. The molecule has 0 heterocycles. The lowest BCUT2D eigenvalue weighted by atomic mass is 10.1. The Morgan fingerprint density at radius 2 is 0.833 bits per heavy atom. The summed E-state index contributed by atoms with van der Waals surface area (Å²) in [6, 6.07) is 3.03. The molecule has 0 fully saturated rings. The average Bonchev–Trinajstić information content (AvgIpc) is 2.79. The largest absolute Gasteiger partial charge is 0.504 e. The molecule has 1 rings (SSSR count). The summed E-state index contributed by atoms with van der Waals surface area (Å²) in [7, 11) is 0. The van der Waals surface area contributed by atoms with Crippen LogP contribution in [0.3, 0.4) is 0 Å². The van der Waals surface area contributed by atoms with E-state index in [1.807, 2.05) is 0 Å². The van der Waals surface area contributed by atoms with Crippen LogP contribution < -0.4 is 0 Å². The molecule has 2 N–H and O–H groups in total. The molecule has 0 aliphatic rings. The van der Waals surface area contributed by atoms with Crippen molar-refractivity contribution in [2.24, 2.45) is 0 Å². The van der Waals surface area contributed by atoms with Crippen LogP contribution in [0.15, 0.2) is 12.1 Å². The van der Waals surface area contributed by atoms with Crippen LogP contribution in [-0.4, -0.2) is 96.5 Å². The standard InChI is InChI=1S/C24H36N2O10/c1-5-33-19(27)13-25(14-20(28)34-6-2)11-17-9-10-18(24(32)23(17)31)12-26(15-21(29)35-7-3)16-22(30)36-8-4/h9-10,31-32H,5-8,11-16H2,1-4H3. The Hall–Kier alpha value is -3.38. The molecule has 12 nitrogen and oxygen atoms in total. The number of benzene rings is 1. The van der Waals surface area contributed by atoms with Gasteiger partial charge in [0.25, 0.3) is 0 Å². The molecule has 0 atom stereocenters. The first-order valence-electron chi connectivity index (χ1n) is 11.7. The van der Waals surface area contributed by atoms with Crippen LogP contribution in [0.5, 0.6) is 11.5 Å². The Balaban J connectivity index is 3.09. The highest BCUT2D eigenvalue weighted by molar-refractivity contribution is 5.75. The van der Waals surface area contributed by atoms with Gasteiger partial charge >= 0.3 is 23.9 Å². The van der Waals surface area contributed by atoms with Crippen molar-refractivity contribution in [3.63, 3.8) is 0 Å². The van der Waals surface area contributed by atoms with Gasteiger partial charge in [0.15, 0.2) is 11.5 Å². The molecule has 0 aliphatic heterocycles. The van der Waals surface area contributed by atoms with Gasteiger partial charge in [0.2, 0.25) is 0 Å². The summed E-state index contributed by atoms with van der Waals surface area (Å²) in [5, 5.41) is 21.3. The summed E-state index contributed by atoms with van der Waals surface area (Å²) >= 11 is 0. The van der Waals surface area contributed by atoms with Crippen LogP contribution in [0, 0.1) is 0 Å². The van der Waals surface area contributed by atoms with Crippen molar-refractivity contribution in [3.8, 4) is 11.5 Å². The SMILES string of the molecule is CCOC(=O)CN(CC(=O)OCC)Cc1ccc(CN(CC(=O)OCC)CC(=O)OCC)c(O)c1O. The molecule has 0 amide bonds. The van der Waals surface area contributed by atoms with Crippen LogP contribution in [0.25, 0.3) is 0 Å². The predicted molar refractivity (Wildman–Crippen MR) is 127 cm³/mol. The van der Waals surface area contributed by atoms with Crippen LogP contribution in [0.4, 0.5) is 0 Å². The van der Waals surface area contributed by atoms with E-state index in [1.165, 1.54) is 21.9 Å². The molecule has 0 saturated carbocycles. The second-order valence-electron chi connectivity index (χ2n) is 7.59. The maximum atomic E-state index is 12.0. The number of aromatic hydroxyl groups is 2. The number of hydrogen-bond acceptors (Lipinski definition) is 12. The highest BCUT2D eigenvalue weighted by Gasteiger charge is 2.22. The van der Waals surface area contributed by atoms with Crippen molar-refractivity contribution in [1.82, 2.24) is 9.80 Å². The summed E-state index contributed by atoms with van der Waals surface area (Å²) in [5.74, 6) is -3.16. The monoisotopic (exact) mass is 512 g/mol. The summed E-state index contributed by atoms with van der Waals surface area (Å²) in [5.41, 5.74) is 0.486. The zero-order valence-corrected chi connectivity index (χ0v) is 21.3. The topological polar surface area (TPSA) is 152 Å². The van der Waals surface area contributed by atoms with Gasteiger partial charge in [0.1, 0.15) is 0 Å². The Kier molecular flexibility index (Phi) is 13.9. The maximum absolute atomic E-state index is 12.0. The molecule has 0 unspecified atom stereocenters. The van der Waals surface area contributed by atoms with E-state index in [4.69, 9.17) is 18.9 Å². The highest BCUT2D eigenvalue weighted by Crippen LogP contribution is 2.34. The van der Waals surface area contributed by atoms with E-state index in [0.717, 1.165) is 0 Å². The van der Waals surface area contributed by atoms with Crippen molar-refractivity contribution >= 4 is 23.9 Å². The lowest BCUT2D eigenvalue weighted by Crippen LogP contribution is -2.36. The first-order valence-corrected chi connectivity index (χ1v) is 11.7. The Bertz CT molecular complexity index is 779. The van der Waals surface area contributed by atoms with E-state index >= 15 is 0 Å². The number of carbonyl (C=O) groups excluding carboxylic acids is 4. The second-order valence-corrected chi connectivity index (χ2v) is 7.59. The number of hydrogen-bond donors (Lipinski definition) is 2. The number of esters is 4. The molecule has 0 bridgehead atoms. The molecule has 1 aromatic carbocycles. The molecule has 12 heteroatoms. The van der Waals surface area contributed by atoms with Crippen molar-refractivity contribution in [2.75, 3.05) is 52.6 Å². The third kappa shape index (κ3) is 10.9. The maximum Gasteiger partial charge on any atom is 0.320 e. The van der Waals surface area contributed by atoms with E-state index in [0.29, 0.717) is 0 Å². The zero-order valence-electron chi connectivity index (χ0n) is 21.3. The number of carbonyl (C=O) groups is 4. The van der Waals surface area contributed by atoms with Crippen molar-refractivity contribution in [3.05, 3.63) is 23.3 Å². The highest BCUT2D eigenvalue weighted by atomic mass is 16.5. The molecule has 0 radical (unpaired) electrons. The Morgan fingerprint density at radius 3 is 1.06 bits per heavy atom. The second kappa shape index (κ2) is 16.3. The number of ether oxygens (including phenoxy) is 4. The third-order valence-corrected chi connectivity index (χ3v) is 4.74. The molecule has 0 spiro atoms. The van der Waals surface area contributed by atoms with E-state index in [1.54, 1.807) is 27.7 Å². The van der Waals surface area contributed by atoms with Gasteiger partial charge in [-0.3, -0.25) is 29.0 Å². The summed E-state index contributed by atoms with van der Waals surface area (Å²) in [4.78, 5) is 50.7. The zero-order chi connectivity index (χ0) is 27.1. The van der Waals surface area contributed by atoms with Gasteiger partial charge in [-0.1, -0.05) is 12.1 Å². The fourth-order valence-electron chi connectivity index (χ4n) is 3.29. The Morgan fingerprint density at radius 1 is 0.583 bits per heavy atom. The smallest absolute Gasteiger partial charge is 0.320 e. The van der Waals surface area contributed by atoms with E-state index in [-0.39, 0.29) is 76.8 Å². The van der Waals surface area contributed by atoms with Crippen LogP contribution in [0.1, 0.15) is 38.8 Å². The number of rotatable bonds is 16. The van der Waals surface area contributed by atoms with Gasteiger partial charge in [0, 0.05) is 24.2 Å². The predicted octanol–water partition coefficient (Wildman–Crippen LogP) is 0.954. The fraction of sp³-hybridized carbons (Fsp3) is 0.583. The van der Waals surface area contributed by atoms with E-state index < -0.39 is 35.4 Å². The third-order valence-electron chi connectivity index (χ3n) is 4.74. The van der Waals surface area contributed by atoms with Crippen LogP contribution >= 0.6 is 0 Å². The number of phenols is 2. The van der Waals surface area contributed by atoms with Gasteiger partial charge in [-0.2, -0.15) is 0 Å². The van der Waals surface area contributed by atoms with E-state index in [9.17, 15) is 29.4 Å². The molecule has 1 aromatic rings. The first-order chi connectivity index (χ1) is 17.1. The summed E-state index contributed by atoms with van der Waals surface area (Å²) < 4.78 is 19.8. The summed E-state index contributed by atoms with van der Waals surface area (Å²) in [6.07, 6.45) is 0. The normalized spacial score (nSPS) is 10.8. The minimum Gasteiger partial charge on any atom is -0.504 e. The number of phenolic OH excluding ortho intramolecular Hbond substituents is 2. The molecule has 0 aromatic heterocycles. The summed E-state index contributed by atoms with van der Waals surface area (Å²) in [6.45, 7) is 6.23. The van der Waals surface area contributed by atoms with Gasteiger partial charge in [-0.15, -0.1) is 0 Å². The molecule has 36 heavy (non-hydrogen) atoms. The van der Waals surface area contributed by atoms with Gasteiger partial charge in [-0.25, -0.2) is 0 Å². The molecular formula is C24H36N2O10. The lowest BCUT2D eigenvalue weighted by Gasteiger charge is -2.23. The van der Waals surface area contributed by atoms with Crippen LogP contribution in [-0.2, 0) is 51.2 Å². The average molecular weight is 513 g/mol.